The number of nitrogens with two attached hydrogens (primary N) is 1. The van der Waals surface area contributed by atoms with Crippen molar-refractivity contribution in [1.82, 2.24) is 9.78 Å². The molecule has 0 fully saturated rings. The van der Waals surface area contributed by atoms with Gasteiger partial charge in [0.15, 0.2) is 11.6 Å². The first-order chi connectivity index (χ1) is 13.9. The standard InChI is InChI=1S/C21H15F3N4O/c22-15-3-5-19(18(25)9-15)27-21(29)13-2-6-20-14(8-13)10-26-28(20)11-12-1-4-16(23)17(24)7-12/h1-10H,11,25H2,(H,27,29). The van der Waals surface area contributed by atoms with E-state index in [-0.39, 0.29) is 12.2 Å². The molecule has 0 bridgehead atoms. The van der Waals surface area contributed by atoms with E-state index >= 15 is 0 Å². The molecule has 1 aromatic heterocycles. The fourth-order valence-electron chi connectivity index (χ4n) is 3.01. The molecular weight excluding hydrogens is 381 g/mol. The first-order valence-electron chi connectivity index (χ1n) is 8.66. The minimum Gasteiger partial charge on any atom is -0.397 e. The summed E-state index contributed by atoms with van der Waals surface area (Å²) in [5, 5.41) is 7.60. The summed E-state index contributed by atoms with van der Waals surface area (Å²) in [6, 6.07) is 12.4. The average molecular weight is 396 g/mol. The molecule has 0 atom stereocenters. The van der Waals surface area contributed by atoms with Gasteiger partial charge >= 0.3 is 0 Å². The predicted molar refractivity (Wildman–Crippen MR) is 104 cm³/mol. The van der Waals surface area contributed by atoms with Crippen molar-refractivity contribution in [2.45, 2.75) is 6.54 Å². The largest absolute Gasteiger partial charge is 0.397 e. The van der Waals surface area contributed by atoms with Crippen LogP contribution in [0.25, 0.3) is 10.9 Å². The molecule has 146 valence electrons. The summed E-state index contributed by atoms with van der Waals surface area (Å²) in [4.78, 5) is 12.5. The summed E-state index contributed by atoms with van der Waals surface area (Å²) >= 11 is 0. The minimum atomic E-state index is -0.919. The van der Waals surface area contributed by atoms with E-state index in [0.717, 1.165) is 23.7 Å². The SMILES string of the molecule is Nc1cc(F)ccc1NC(=O)c1ccc2c(cnn2Cc2ccc(F)c(F)c2)c1. The number of anilines is 2. The van der Waals surface area contributed by atoms with Gasteiger partial charge in [-0.2, -0.15) is 5.10 Å². The van der Waals surface area contributed by atoms with Crippen LogP contribution in [0.4, 0.5) is 24.5 Å². The van der Waals surface area contributed by atoms with Gasteiger partial charge in [0, 0.05) is 10.9 Å². The third kappa shape index (κ3) is 3.77. The number of carbonyl (C=O) groups is 1. The predicted octanol–water partition coefficient (Wildman–Crippen LogP) is 4.34. The van der Waals surface area contributed by atoms with Crippen LogP contribution in [0.15, 0.2) is 60.8 Å². The van der Waals surface area contributed by atoms with Crippen LogP contribution < -0.4 is 11.1 Å². The first-order valence-corrected chi connectivity index (χ1v) is 8.66. The molecule has 4 aromatic rings. The van der Waals surface area contributed by atoms with E-state index in [2.05, 4.69) is 10.4 Å². The van der Waals surface area contributed by atoms with E-state index in [1.165, 1.54) is 18.2 Å². The second-order valence-corrected chi connectivity index (χ2v) is 6.51. The summed E-state index contributed by atoms with van der Waals surface area (Å²) in [7, 11) is 0. The molecule has 0 radical (unpaired) electrons. The average Bonchev–Trinajstić information content (AvgIpc) is 3.09. The second-order valence-electron chi connectivity index (χ2n) is 6.51. The Morgan fingerprint density at radius 1 is 1.00 bits per heavy atom. The number of hydrogen-bond donors (Lipinski definition) is 2. The number of fused-ring (bicyclic) bond motifs is 1. The lowest BCUT2D eigenvalue weighted by Crippen LogP contribution is -2.13. The third-order valence-electron chi connectivity index (χ3n) is 4.48. The molecule has 0 spiro atoms. The minimum absolute atomic E-state index is 0.124. The summed E-state index contributed by atoms with van der Waals surface area (Å²) in [6.07, 6.45) is 1.58. The van der Waals surface area contributed by atoms with Gasteiger partial charge in [0.1, 0.15) is 5.82 Å². The van der Waals surface area contributed by atoms with E-state index in [0.29, 0.717) is 22.2 Å². The van der Waals surface area contributed by atoms with Gasteiger partial charge in [0.25, 0.3) is 5.91 Å². The van der Waals surface area contributed by atoms with Crippen molar-refractivity contribution in [3.63, 3.8) is 0 Å². The van der Waals surface area contributed by atoms with E-state index < -0.39 is 23.4 Å². The number of nitrogens with one attached hydrogen (secondary N) is 1. The molecule has 1 heterocycles. The lowest BCUT2D eigenvalue weighted by Gasteiger charge is -2.09. The van der Waals surface area contributed by atoms with Crippen LogP contribution in [-0.2, 0) is 6.54 Å². The van der Waals surface area contributed by atoms with E-state index in [4.69, 9.17) is 5.73 Å². The Bertz CT molecular complexity index is 1240. The molecule has 1 amide bonds. The highest BCUT2D eigenvalue weighted by Crippen LogP contribution is 2.22. The monoisotopic (exact) mass is 396 g/mol. The van der Waals surface area contributed by atoms with Gasteiger partial charge in [-0.1, -0.05) is 6.07 Å². The molecule has 0 aliphatic carbocycles. The second kappa shape index (κ2) is 7.31. The third-order valence-corrected chi connectivity index (χ3v) is 4.48. The maximum Gasteiger partial charge on any atom is 0.255 e. The van der Waals surface area contributed by atoms with Crippen molar-refractivity contribution in [3.8, 4) is 0 Å². The molecule has 29 heavy (non-hydrogen) atoms. The smallest absolute Gasteiger partial charge is 0.255 e. The molecule has 0 saturated heterocycles. The van der Waals surface area contributed by atoms with Gasteiger partial charge in [-0.3, -0.25) is 9.48 Å². The van der Waals surface area contributed by atoms with Crippen LogP contribution in [-0.4, -0.2) is 15.7 Å². The maximum atomic E-state index is 13.4. The number of carbonyl (C=O) groups excluding carboxylic acids is 1. The number of nitrogen functional groups attached to an aromatic ring is 1. The van der Waals surface area contributed by atoms with Gasteiger partial charge in [0.2, 0.25) is 0 Å². The van der Waals surface area contributed by atoms with Crippen molar-refractivity contribution < 1.29 is 18.0 Å². The van der Waals surface area contributed by atoms with Crippen LogP contribution in [0.5, 0.6) is 0 Å². The summed E-state index contributed by atoms with van der Waals surface area (Å²) < 4.78 is 41.3. The van der Waals surface area contributed by atoms with Gasteiger partial charge in [-0.15, -0.1) is 0 Å². The molecule has 4 rings (SSSR count). The number of hydrogen-bond acceptors (Lipinski definition) is 3. The molecule has 3 aromatic carbocycles. The van der Waals surface area contributed by atoms with Gasteiger partial charge in [0.05, 0.1) is 29.6 Å². The van der Waals surface area contributed by atoms with Gasteiger partial charge < -0.3 is 11.1 Å². The maximum absolute atomic E-state index is 13.4. The zero-order chi connectivity index (χ0) is 20.5. The first kappa shape index (κ1) is 18.5. The molecule has 0 aliphatic heterocycles. The van der Waals surface area contributed by atoms with Crippen LogP contribution in [0.2, 0.25) is 0 Å². The van der Waals surface area contributed by atoms with E-state index in [9.17, 15) is 18.0 Å². The highest BCUT2D eigenvalue weighted by molar-refractivity contribution is 6.07. The van der Waals surface area contributed by atoms with Crippen molar-refractivity contribution in [1.29, 1.82) is 0 Å². The highest BCUT2D eigenvalue weighted by Gasteiger charge is 2.12. The molecule has 0 saturated carbocycles. The number of amides is 1. The normalized spacial score (nSPS) is 11.0. The summed E-state index contributed by atoms with van der Waals surface area (Å²) in [6.45, 7) is 0.248. The Hall–Kier alpha value is -3.81. The molecule has 5 nitrogen and oxygen atoms in total. The topological polar surface area (TPSA) is 72.9 Å². The molecule has 0 aliphatic rings. The number of benzene rings is 3. The van der Waals surface area contributed by atoms with Crippen LogP contribution >= 0.6 is 0 Å². The van der Waals surface area contributed by atoms with Gasteiger partial charge in [-0.25, -0.2) is 13.2 Å². The van der Waals surface area contributed by atoms with Gasteiger partial charge in [-0.05, 0) is 54.1 Å². The number of aromatic nitrogens is 2. The highest BCUT2D eigenvalue weighted by atomic mass is 19.2. The molecule has 0 unspecified atom stereocenters. The van der Waals surface area contributed by atoms with Crippen LogP contribution in [0.1, 0.15) is 15.9 Å². The van der Waals surface area contributed by atoms with Crippen molar-refractivity contribution in [2.75, 3.05) is 11.1 Å². The molecule has 8 heteroatoms. The number of rotatable bonds is 4. The fraction of sp³-hybridized carbons (Fsp3) is 0.0476. The Kier molecular flexibility index (Phi) is 4.67. The Labute approximate surface area is 163 Å². The zero-order valence-electron chi connectivity index (χ0n) is 15.0. The van der Waals surface area contributed by atoms with Crippen LogP contribution in [0.3, 0.4) is 0 Å². The zero-order valence-corrected chi connectivity index (χ0v) is 15.0. The molecular formula is C21H15F3N4O. The lowest BCUT2D eigenvalue weighted by molar-refractivity contribution is 0.102. The summed E-state index contributed by atoms with van der Waals surface area (Å²) in [5.74, 6) is -2.72. The molecule has 3 N–H and O–H groups in total. The van der Waals surface area contributed by atoms with E-state index in [1.807, 2.05) is 0 Å². The Morgan fingerprint density at radius 3 is 2.59 bits per heavy atom. The summed E-state index contributed by atoms with van der Waals surface area (Å²) in [5.41, 5.74) is 7.81. The Balaban J connectivity index is 1.57. The lowest BCUT2D eigenvalue weighted by atomic mass is 10.1. The van der Waals surface area contributed by atoms with Crippen molar-refractivity contribution in [3.05, 3.63) is 89.4 Å². The Morgan fingerprint density at radius 2 is 1.83 bits per heavy atom. The van der Waals surface area contributed by atoms with Crippen molar-refractivity contribution >= 4 is 28.2 Å². The fourth-order valence-corrected chi connectivity index (χ4v) is 3.01. The van der Waals surface area contributed by atoms with Crippen molar-refractivity contribution in [2.24, 2.45) is 0 Å². The van der Waals surface area contributed by atoms with Crippen LogP contribution in [0, 0.1) is 17.5 Å². The quantitative estimate of drug-likeness (QED) is 0.504. The number of nitrogens with zero attached hydrogens (tertiary/aromatic N) is 2. The van der Waals surface area contributed by atoms with E-state index in [1.54, 1.807) is 29.1 Å². The number of halogens is 3.